The van der Waals surface area contributed by atoms with Gasteiger partial charge in [0.1, 0.15) is 0 Å². The molecule has 0 aliphatic rings. The maximum absolute atomic E-state index is 11.9. The highest BCUT2D eigenvalue weighted by molar-refractivity contribution is 5.90. The summed E-state index contributed by atoms with van der Waals surface area (Å²) in [5.41, 5.74) is 1.82. The summed E-state index contributed by atoms with van der Waals surface area (Å²) in [4.78, 5) is 22.7. The van der Waals surface area contributed by atoms with E-state index < -0.39 is 18.0 Å². The number of carboxylic acid groups (broad SMARTS) is 1. The summed E-state index contributed by atoms with van der Waals surface area (Å²) in [6.45, 7) is 3.74. The molecule has 1 rings (SSSR count). The smallest absolute Gasteiger partial charge is 0.319 e. The minimum Gasteiger partial charge on any atom is -0.481 e. The molecule has 112 valence electrons. The van der Waals surface area contributed by atoms with Crippen LogP contribution in [0.2, 0.25) is 0 Å². The summed E-state index contributed by atoms with van der Waals surface area (Å²) in [5, 5.41) is 23.0. The molecule has 0 fully saturated rings. The van der Waals surface area contributed by atoms with Gasteiger partial charge in [0.25, 0.3) is 0 Å². The summed E-state index contributed by atoms with van der Waals surface area (Å²) in [5.74, 6) is -0.948. The monoisotopic (exact) mass is 289 g/mol. The number of carbonyl (C=O) groups is 2. The number of rotatable bonds is 6. The zero-order valence-corrected chi connectivity index (χ0v) is 12.1. The summed E-state index contributed by atoms with van der Waals surface area (Å²) < 4.78 is 0. The SMILES string of the molecule is CCCC(CC(=O)O)NC(=O)Nc1cc(C#N)ccc1C. The molecule has 0 heterocycles. The van der Waals surface area contributed by atoms with E-state index in [0.717, 1.165) is 12.0 Å². The predicted octanol–water partition coefficient (Wildman–Crippen LogP) is 2.63. The van der Waals surface area contributed by atoms with Gasteiger partial charge in [0.05, 0.1) is 18.1 Å². The molecule has 1 aromatic rings. The lowest BCUT2D eigenvalue weighted by atomic mass is 10.1. The molecule has 0 bridgehead atoms. The van der Waals surface area contributed by atoms with Gasteiger partial charge < -0.3 is 15.7 Å². The van der Waals surface area contributed by atoms with Crippen molar-refractivity contribution in [3.63, 3.8) is 0 Å². The van der Waals surface area contributed by atoms with E-state index in [4.69, 9.17) is 10.4 Å². The highest BCUT2D eigenvalue weighted by Gasteiger charge is 2.15. The Morgan fingerprint density at radius 2 is 2.14 bits per heavy atom. The molecule has 6 nitrogen and oxygen atoms in total. The van der Waals surface area contributed by atoms with Gasteiger partial charge in [0.2, 0.25) is 0 Å². The highest BCUT2D eigenvalue weighted by atomic mass is 16.4. The molecule has 0 aliphatic carbocycles. The van der Waals surface area contributed by atoms with Gasteiger partial charge in [-0.25, -0.2) is 4.79 Å². The summed E-state index contributed by atoms with van der Waals surface area (Å²) in [6.07, 6.45) is 1.26. The average molecular weight is 289 g/mol. The number of nitrogens with one attached hydrogen (secondary N) is 2. The van der Waals surface area contributed by atoms with Gasteiger partial charge in [-0.15, -0.1) is 0 Å². The van der Waals surface area contributed by atoms with Crippen LogP contribution in [-0.2, 0) is 4.79 Å². The topological polar surface area (TPSA) is 102 Å². The van der Waals surface area contributed by atoms with Crippen LogP contribution in [0.1, 0.15) is 37.3 Å². The van der Waals surface area contributed by atoms with Crippen LogP contribution in [0, 0.1) is 18.3 Å². The first-order valence-corrected chi connectivity index (χ1v) is 6.76. The minimum absolute atomic E-state index is 0.113. The first-order valence-electron chi connectivity index (χ1n) is 6.76. The van der Waals surface area contributed by atoms with Crippen molar-refractivity contribution < 1.29 is 14.7 Å². The number of benzene rings is 1. The Hall–Kier alpha value is -2.55. The fourth-order valence-corrected chi connectivity index (χ4v) is 1.95. The fourth-order valence-electron chi connectivity index (χ4n) is 1.95. The molecule has 0 saturated carbocycles. The van der Waals surface area contributed by atoms with E-state index in [9.17, 15) is 9.59 Å². The molecule has 0 radical (unpaired) electrons. The average Bonchev–Trinajstić information content (AvgIpc) is 2.40. The van der Waals surface area contributed by atoms with E-state index in [1.54, 1.807) is 18.2 Å². The number of hydrogen-bond acceptors (Lipinski definition) is 3. The maximum Gasteiger partial charge on any atom is 0.319 e. The normalized spacial score (nSPS) is 11.3. The Balaban J connectivity index is 2.71. The number of hydrogen-bond donors (Lipinski definition) is 3. The van der Waals surface area contributed by atoms with E-state index in [0.29, 0.717) is 17.7 Å². The number of urea groups is 1. The number of nitriles is 1. The first kappa shape index (κ1) is 16.5. The Kier molecular flexibility index (Phi) is 6.21. The molecular weight excluding hydrogens is 270 g/mol. The molecule has 0 spiro atoms. The van der Waals surface area contributed by atoms with Crippen LogP contribution in [0.5, 0.6) is 0 Å². The van der Waals surface area contributed by atoms with Crippen molar-refractivity contribution in [1.82, 2.24) is 5.32 Å². The van der Waals surface area contributed by atoms with Gasteiger partial charge in [-0.05, 0) is 31.0 Å². The number of nitrogens with zero attached hydrogens (tertiary/aromatic N) is 1. The minimum atomic E-state index is -0.948. The van der Waals surface area contributed by atoms with E-state index >= 15 is 0 Å². The first-order chi connectivity index (χ1) is 9.96. The third kappa shape index (κ3) is 5.53. The second-order valence-corrected chi connectivity index (χ2v) is 4.82. The molecule has 2 amide bonds. The van der Waals surface area contributed by atoms with Crippen molar-refractivity contribution in [2.75, 3.05) is 5.32 Å². The predicted molar refractivity (Wildman–Crippen MR) is 79.0 cm³/mol. The van der Waals surface area contributed by atoms with E-state index in [2.05, 4.69) is 10.6 Å². The molecule has 1 unspecified atom stereocenters. The number of carboxylic acids is 1. The largest absolute Gasteiger partial charge is 0.481 e. The second-order valence-electron chi connectivity index (χ2n) is 4.82. The lowest BCUT2D eigenvalue weighted by molar-refractivity contribution is -0.137. The van der Waals surface area contributed by atoms with Crippen molar-refractivity contribution >= 4 is 17.7 Å². The lowest BCUT2D eigenvalue weighted by Gasteiger charge is -2.17. The van der Waals surface area contributed by atoms with Crippen molar-refractivity contribution in [3.8, 4) is 6.07 Å². The van der Waals surface area contributed by atoms with Gasteiger partial charge >= 0.3 is 12.0 Å². The van der Waals surface area contributed by atoms with Gasteiger partial charge in [-0.2, -0.15) is 5.26 Å². The summed E-state index contributed by atoms with van der Waals surface area (Å²) in [7, 11) is 0. The molecule has 3 N–H and O–H groups in total. The van der Waals surface area contributed by atoms with Crippen molar-refractivity contribution in [2.45, 2.75) is 39.2 Å². The Bertz CT molecular complexity index is 564. The molecule has 0 aliphatic heterocycles. The zero-order chi connectivity index (χ0) is 15.8. The summed E-state index contributed by atoms with van der Waals surface area (Å²) in [6, 6.07) is 6.13. The Morgan fingerprint density at radius 1 is 1.43 bits per heavy atom. The van der Waals surface area contributed by atoms with E-state index in [1.165, 1.54) is 0 Å². The zero-order valence-electron chi connectivity index (χ0n) is 12.1. The van der Waals surface area contributed by atoms with Gasteiger partial charge in [-0.3, -0.25) is 4.79 Å². The van der Waals surface area contributed by atoms with Crippen molar-refractivity contribution in [1.29, 1.82) is 5.26 Å². The third-order valence-corrected chi connectivity index (χ3v) is 3.01. The van der Waals surface area contributed by atoms with Gasteiger partial charge in [0, 0.05) is 11.7 Å². The van der Waals surface area contributed by atoms with Crippen LogP contribution in [0.15, 0.2) is 18.2 Å². The fraction of sp³-hybridized carbons (Fsp3) is 0.400. The third-order valence-electron chi connectivity index (χ3n) is 3.01. The maximum atomic E-state index is 11.9. The van der Waals surface area contributed by atoms with Crippen LogP contribution in [0.25, 0.3) is 0 Å². The number of carbonyl (C=O) groups excluding carboxylic acids is 1. The molecule has 21 heavy (non-hydrogen) atoms. The van der Waals surface area contributed by atoms with E-state index in [1.807, 2.05) is 19.9 Å². The van der Waals surface area contributed by atoms with Gasteiger partial charge in [0.15, 0.2) is 0 Å². The number of amides is 2. The van der Waals surface area contributed by atoms with E-state index in [-0.39, 0.29) is 6.42 Å². The van der Waals surface area contributed by atoms with Crippen molar-refractivity contribution in [3.05, 3.63) is 29.3 Å². The second kappa shape index (κ2) is 7.90. The van der Waals surface area contributed by atoms with Gasteiger partial charge in [-0.1, -0.05) is 19.4 Å². The molecule has 6 heteroatoms. The van der Waals surface area contributed by atoms with Crippen LogP contribution >= 0.6 is 0 Å². The van der Waals surface area contributed by atoms with Crippen LogP contribution in [0.4, 0.5) is 10.5 Å². The molecule has 1 atom stereocenters. The Labute approximate surface area is 123 Å². The van der Waals surface area contributed by atoms with Crippen LogP contribution in [0.3, 0.4) is 0 Å². The van der Waals surface area contributed by atoms with Crippen molar-refractivity contribution in [2.24, 2.45) is 0 Å². The molecule has 0 aromatic heterocycles. The summed E-state index contributed by atoms with van der Waals surface area (Å²) >= 11 is 0. The van der Waals surface area contributed by atoms with Crippen LogP contribution in [-0.4, -0.2) is 23.1 Å². The Morgan fingerprint density at radius 3 is 2.71 bits per heavy atom. The lowest BCUT2D eigenvalue weighted by Crippen LogP contribution is -2.39. The van der Waals surface area contributed by atoms with Crippen LogP contribution < -0.4 is 10.6 Å². The molecular formula is C15H19N3O3. The molecule has 0 saturated heterocycles. The number of aryl methyl sites for hydroxylation is 1. The number of aliphatic carboxylic acids is 1. The molecule has 1 aromatic carbocycles. The number of anilines is 1. The highest BCUT2D eigenvalue weighted by Crippen LogP contribution is 2.16. The standard InChI is InChI=1S/C15H19N3O3/c1-3-4-12(8-14(19)20)17-15(21)18-13-7-11(9-16)6-5-10(13)2/h5-7,12H,3-4,8H2,1-2H3,(H,19,20)(H2,17,18,21). The quantitative estimate of drug-likeness (QED) is 0.749.